The Morgan fingerprint density at radius 1 is 0.676 bits per heavy atom. The van der Waals surface area contributed by atoms with Crippen LogP contribution in [0.1, 0.15) is 77.2 Å². The minimum atomic E-state index is -2.36. The summed E-state index contributed by atoms with van der Waals surface area (Å²) in [7, 11) is 0. The number of carbonyl (C=O) groups is 1. The van der Waals surface area contributed by atoms with Crippen LogP contribution in [-0.2, 0) is 11.2 Å². The number of halogens is 8. The van der Waals surface area contributed by atoms with Crippen LogP contribution in [0.5, 0.6) is 5.75 Å². The predicted octanol–water partition coefficient (Wildman–Crippen LogP) is 8.71. The average Bonchev–Trinajstić information content (AvgIpc) is 2.89. The van der Waals surface area contributed by atoms with Crippen molar-refractivity contribution in [3.8, 4) is 16.9 Å². The summed E-state index contributed by atoms with van der Waals surface area (Å²) in [5.41, 5.74) is -4.98. The molecule has 0 atom stereocenters. The van der Waals surface area contributed by atoms with Crippen LogP contribution in [0.15, 0.2) is 0 Å². The van der Waals surface area contributed by atoms with Gasteiger partial charge in [-0.25, -0.2) is 26.3 Å². The van der Waals surface area contributed by atoms with Crippen LogP contribution in [0.3, 0.4) is 0 Å². The fourth-order valence-electron chi connectivity index (χ4n) is 4.86. The largest absolute Gasteiger partial charge is 0.420 e. The number of ether oxygens (including phenoxy) is 1. The zero-order chi connectivity index (χ0) is 27.4. The van der Waals surface area contributed by atoms with Crippen LogP contribution in [-0.4, -0.2) is 5.97 Å². The van der Waals surface area contributed by atoms with Gasteiger partial charge in [0.25, 0.3) is 0 Å². The molecule has 1 aliphatic rings. The third kappa shape index (κ3) is 5.77. The smallest absolute Gasteiger partial charge is 0.314 e. The van der Waals surface area contributed by atoms with Gasteiger partial charge in [-0.15, -0.1) is 0 Å². The monoisotopic (exact) mass is 536 g/mol. The van der Waals surface area contributed by atoms with Crippen molar-refractivity contribution in [3.05, 3.63) is 52.1 Å². The Bertz CT molecular complexity index is 1100. The Balaban J connectivity index is 1.85. The fourth-order valence-corrected chi connectivity index (χ4v) is 4.86. The van der Waals surface area contributed by atoms with E-state index in [1.165, 1.54) is 6.92 Å². The molecule has 0 aromatic heterocycles. The summed E-state index contributed by atoms with van der Waals surface area (Å²) < 4.78 is 121. The van der Waals surface area contributed by atoms with Gasteiger partial charge in [0.2, 0.25) is 17.4 Å². The number of hydrogen-bond acceptors (Lipinski definition) is 2. The van der Waals surface area contributed by atoms with Crippen LogP contribution < -0.4 is 4.74 Å². The molecule has 0 radical (unpaired) electrons. The lowest BCUT2D eigenvalue weighted by molar-refractivity contribution is -0.140. The second-order valence-corrected chi connectivity index (χ2v) is 9.41. The summed E-state index contributed by atoms with van der Waals surface area (Å²) >= 11 is 0. The first-order valence-corrected chi connectivity index (χ1v) is 12.5. The fraction of sp³-hybridized carbons (Fsp3) is 0.519. The molecule has 0 bridgehead atoms. The highest BCUT2D eigenvalue weighted by atomic mass is 19.2. The molecule has 1 fully saturated rings. The van der Waals surface area contributed by atoms with Gasteiger partial charge in [-0.3, -0.25) is 4.79 Å². The number of unbranched alkanes of at least 4 members (excludes halogenated alkanes) is 3. The van der Waals surface area contributed by atoms with E-state index < -0.39 is 87.3 Å². The van der Waals surface area contributed by atoms with E-state index in [4.69, 9.17) is 0 Å². The van der Waals surface area contributed by atoms with Crippen molar-refractivity contribution in [1.82, 2.24) is 0 Å². The maximum atomic E-state index is 14.8. The van der Waals surface area contributed by atoms with E-state index in [0.29, 0.717) is 31.6 Å². The highest BCUT2D eigenvalue weighted by molar-refractivity contribution is 5.76. The lowest BCUT2D eigenvalue weighted by Crippen LogP contribution is -2.26. The molecule has 0 spiro atoms. The number of esters is 1. The van der Waals surface area contributed by atoms with Gasteiger partial charge in [0.15, 0.2) is 34.9 Å². The van der Waals surface area contributed by atoms with E-state index in [2.05, 4.69) is 11.7 Å². The van der Waals surface area contributed by atoms with Gasteiger partial charge >= 0.3 is 5.97 Å². The van der Waals surface area contributed by atoms with Crippen molar-refractivity contribution >= 4 is 5.97 Å². The molecule has 37 heavy (non-hydrogen) atoms. The zero-order valence-electron chi connectivity index (χ0n) is 20.6. The van der Waals surface area contributed by atoms with Gasteiger partial charge in [-0.1, -0.05) is 46.0 Å². The van der Waals surface area contributed by atoms with E-state index in [0.717, 1.165) is 32.1 Å². The second-order valence-electron chi connectivity index (χ2n) is 9.41. The number of rotatable bonds is 9. The molecule has 0 amide bonds. The SMILES string of the molecule is CCCCCC[C@H]1CC[C@H](C(=O)Oc2c(F)c(F)c(-c3c(F)c(F)c(CC)c(F)c3F)c(F)c2F)CC1. The lowest BCUT2D eigenvalue weighted by atomic mass is 9.80. The van der Waals surface area contributed by atoms with Crippen LogP contribution >= 0.6 is 0 Å². The summed E-state index contributed by atoms with van der Waals surface area (Å²) in [6.07, 6.45) is 7.00. The van der Waals surface area contributed by atoms with Crippen molar-refractivity contribution in [2.45, 2.75) is 78.1 Å². The topological polar surface area (TPSA) is 26.3 Å². The Kier molecular flexibility index (Phi) is 9.58. The third-order valence-corrected chi connectivity index (χ3v) is 7.03. The first-order valence-electron chi connectivity index (χ1n) is 12.5. The summed E-state index contributed by atoms with van der Waals surface area (Å²) in [5, 5.41) is 0. The van der Waals surface area contributed by atoms with Crippen molar-refractivity contribution in [3.63, 3.8) is 0 Å². The normalized spacial score (nSPS) is 17.8. The zero-order valence-corrected chi connectivity index (χ0v) is 20.6. The molecular formula is C27H28F8O2. The van der Waals surface area contributed by atoms with Crippen molar-refractivity contribution < 1.29 is 44.7 Å². The molecule has 1 aliphatic carbocycles. The Morgan fingerprint density at radius 2 is 1.16 bits per heavy atom. The highest BCUT2D eigenvalue weighted by Crippen LogP contribution is 2.41. The number of hydrogen-bond donors (Lipinski definition) is 0. The van der Waals surface area contributed by atoms with E-state index >= 15 is 0 Å². The van der Waals surface area contributed by atoms with Crippen LogP contribution in [0.25, 0.3) is 11.1 Å². The van der Waals surface area contributed by atoms with E-state index in [1.54, 1.807) is 0 Å². The summed E-state index contributed by atoms with van der Waals surface area (Å²) in [6, 6.07) is 0. The summed E-state index contributed by atoms with van der Waals surface area (Å²) in [6.45, 7) is 3.28. The molecule has 0 N–H and O–H groups in total. The molecule has 2 nitrogen and oxygen atoms in total. The first-order chi connectivity index (χ1) is 17.5. The van der Waals surface area contributed by atoms with Gasteiger partial charge in [-0.2, -0.15) is 8.78 Å². The number of benzene rings is 2. The maximum Gasteiger partial charge on any atom is 0.314 e. The average molecular weight is 537 g/mol. The molecule has 0 heterocycles. The molecule has 1 saturated carbocycles. The van der Waals surface area contributed by atoms with Crippen molar-refractivity contribution in [2.24, 2.45) is 11.8 Å². The molecule has 2 aromatic rings. The molecule has 2 aromatic carbocycles. The lowest BCUT2D eigenvalue weighted by Gasteiger charge is -2.27. The second kappa shape index (κ2) is 12.3. The first kappa shape index (κ1) is 28.9. The van der Waals surface area contributed by atoms with Gasteiger partial charge in [0, 0.05) is 5.56 Å². The molecule has 0 unspecified atom stereocenters. The molecular weight excluding hydrogens is 508 g/mol. The Morgan fingerprint density at radius 3 is 1.62 bits per heavy atom. The standard InChI is InChI=1S/C27H28F8O2/c1-3-5-6-7-8-13-9-11-14(12-10-13)27(36)37-26-24(34)22(32)17(23(33)25(26)35)16-20(30)18(28)15(4-2)19(29)21(16)31/h13-14H,3-12H2,1-2H3/t13-,14-. The van der Waals surface area contributed by atoms with Crippen LogP contribution in [0, 0.1) is 58.4 Å². The number of carbonyl (C=O) groups excluding carboxylic acids is 1. The Labute approximate surface area is 210 Å². The van der Waals surface area contributed by atoms with E-state index in [9.17, 15) is 39.9 Å². The minimum Gasteiger partial charge on any atom is -0.420 e. The predicted molar refractivity (Wildman–Crippen MR) is 121 cm³/mol. The van der Waals surface area contributed by atoms with E-state index in [1.807, 2.05) is 0 Å². The molecule has 204 valence electrons. The quantitative estimate of drug-likeness (QED) is 0.105. The molecule has 0 aliphatic heterocycles. The van der Waals surface area contributed by atoms with Gasteiger partial charge in [0.05, 0.1) is 17.0 Å². The summed E-state index contributed by atoms with van der Waals surface area (Å²) in [4.78, 5) is 12.5. The van der Waals surface area contributed by atoms with E-state index in [-0.39, 0.29) is 0 Å². The maximum absolute atomic E-state index is 14.8. The van der Waals surface area contributed by atoms with Crippen molar-refractivity contribution in [1.29, 1.82) is 0 Å². The summed E-state index contributed by atoms with van der Waals surface area (Å²) in [5.74, 6) is -20.8. The Hall–Kier alpha value is -2.65. The van der Waals surface area contributed by atoms with Crippen LogP contribution in [0.4, 0.5) is 35.1 Å². The van der Waals surface area contributed by atoms with Gasteiger partial charge in [0.1, 0.15) is 0 Å². The van der Waals surface area contributed by atoms with Crippen molar-refractivity contribution in [2.75, 3.05) is 0 Å². The van der Waals surface area contributed by atoms with Gasteiger partial charge in [-0.05, 0) is 38.0 Å². The molecule has 0 saturated heterocycles. The molecule has 10 heteroatoms. The minimum absolute atomic E-state index is 0.363. The third-order valence-electron chi connectivity index (χ3n) is 7.03. The highest BCUT2D eigenvalue weighted by Gasteiger charge is 2.36. The molecule has 3 rings (SSSR count). The van der Waals surface area contributed by atoms with Gasteiger partial charge < -0.3 is 4.74 Å². The van der Waals surface area contributed by atoms with Crippen LogP contribution in [0.2, 0.25) is 0 Å².